The minimum Gasteiger partial charge on any atom is -0.392 e. The average molecular weight is 1510 g/mol. The van der Waals surface area contributed by atoms with Crippen molar-refractivity contribution in [1.82, 2.24) is 68.0 Å². The summed E-state index contributed by atoms with van der Waals surface area (Å²) in [6, 6.07) is 12.9. The summed E-state index contributed by atoms with van der Waals surface area (Å²) >= 11 is 0. The summed E-state index contributed by atoms with van der Waals surface area (Å²) in [5.74, 6) is -10.3. The van der Waals surface area contributed by atoms with E-state index in [1.54, 1.807) is 67.6 Å². The first-order valence-corrected chi connectivity index (χ1v) is 36.9. The monoisotopic (exact) mass is 1510 g/mol. The van der Waals surface area contributed by atoms with Gasteiger partial charge in [-0.2, -0.15) is 0 Å². The van der Waals surface area contributed by atoms with Crippen LogP contribution in [-0.4, -0.2) is 247 Å². The fraction of sp³-hybridized carbons (Fsp3) is 0.506. The van der Waals surface area contributed by atoms with E-state index in [9.17, 15) is 39.0 Å². The highest BCUT2D eigenvalue weighted by atomic mass is 19.1. The number of aromatic amines is 1. The van der Waals surface area contributed by atoms with Gasteiger partial charge in [0.05, 0.1) is 66.4 Å². The van der Waals surface area contributed by atoms with Gasteiger partial charge < -0.3 is 96.9 Å². The van der Waals surface area contributed by atoms with Crippen LogP contribution in [0.3, 0.4) is 0 Å². The molecule has 1 aromatic heterocycles. The highest BCUT2D eigenvalue weighted by Crippen LogP contribution is 2.32. The van der Waals surface area contributed by atoms with Gasteiger partial charge in [-0.25, -0.2) is 4.39 Å². The first-order valence-electron chi connectivity index (χ1n) is 36.9. The molecule has 10 rings (SSSR count). The number of fused-ring (bicyclic) bond motifs is 26. The van der Waals surface area contributed by atoms with Crippen LogP contribution in [0.4, 0.5) is 4.39 Å². The number of quaternary nitrogens is 1. The Kier molecular flexibility index (Phi) is 29.4. The highest BCUT2D eigenvalue weighted by molar-refractivity contribution is 6.00. The van der Waals surface area contributed by atoms with E-state index in [1.165, 1.54) is 43.1 Å². The van der Waals surface area contributed by atoms with E-state index in [-0.39, 0.29) is 104 Å². The Morgan fingerprint density at radius 1 is 0.679 bits per heavy atom. The predicted molar refractivity (Wildman–Crippen MR) is 395 cm³/mol. The molecule has 2 fully saturated rings. The number of nitrogens with one attached hydrogen (secondary N) is 11. The van der Waals surface area contributed by atoms with Crippen molar-refractivity contribution in [3.8, 4) is 0 Å². The molecule has 32 heteroatoms. The van der Waals surface area contributed by atoms with Crippen LogP contribution in [0.25, 0.3) is 10.9 Å². The number of benzene rings is 4. The number of aromatic nitrogens is 1. The molecule has 0 radical (unpaired) electrons. The minimum absolute atomic E-state index is 0.0498. The molecule has 0 aliphatic carbocycles. The number of hydrogen-bond acceptors (Lipinski definition) is 17. The summed E-state index contributed by atoms with van der Waals surface area (Å²) in [6.45, 7) is 4.25. The third-order valence-corrected chi connectivity index (χ3v) is 19.8. The fourth-order valence-electron chi connectivity index (χ4n) is 13.5. The van der Waals surface area contributed by atoms with Crippen LogP contribution in [0.2, 0.25) is 0 Å². The number of H-pyrrole nitrogens is 1. The Labute approximate surface area is 631 Å². The number of nitrogens with zero attached hydrogens (tertiary/aromatic N) is 3. The predicted octanol–water partition coefficient (Wildman–Crippen LogP) is -0.852. The zero-order valence-electron chi connectivity index (χ0n) is 62.4. The van der Waals surface area contributed by atoms with Crippen LogP contribution >= 0.6 is 0 Å². The summed E-state index contributed by atoms with van der Waals surface area (Å²) in [5, 5.41) is 48.9. The van der Waals surface area contributed by atoms with Gasteiger partial charge in [-0.1, -0.05) is 72.8 Å². The lowest BCUT2D eigenvalue weighted by Crippen LogP contribution is -2.64. The van der Waals surface area contributed by atoms with Crippen LogP contribution in [0.5, 0.6) is 0 Å². The SMILES string of the molecule is C[C@@H]1NC(=O)CCC(=O)NCc2ccc(cc2)CCNC(=O)[C@]2(C)CCCN2C(=O)[C@H](Cc2ccc(CO)cc2)NC(=O)[C@H]([C@@H](C)O)NC(=O)[C@@H]2[C@@H]3CCN2C(=O)[C@H](Cc2c[nH]c4ccc(F)cc24)NC(=O)[C@H](Cc2cccc(c2)CNC(=O)CO3)NC(=O)[C@@H](CNC(=O)CCOCCOCC[N+](C)(C)C)NC1=O. The van der Waals surface area contributed by atoms with E-state index in [0.29, 0.717) is 62.7 Å². The molecule has 13 N–H and O–H groups in total. The second-order valence-corrected chi connectivity index (χ2v) is 29.3. The molecule has 6 heterocycles. The van der Waals surface area contributed by atoms with Crippen molar-refractivity contribution in [3.05, 3.63) is 142 Å². The molecule has 2 saturated heterocycles. The number of carbonyl (C=O) groups excluding carboxylic acids is 12. The Bertz CT molecular complexity index is 4080. The van der Waals surface area contributed by atoms with Crippen molar-refractivity contribution in [2.75, 3.05) is 86.9 Å². The number of rotatable bonds is 17. The lowest BCUT2D eigenvalue weighted by atomic mass is 9.95. The van der Waals surface area contributed by atoms with E-state index in [2.05, 4.69) is 58.2 Å². The molecule has 109 heavy (non-hydrogen) atoms. The Balaban J connectivity index is 1.07. The standard InChI is InChI=1S/C77H101FN14O17/c1-46-69(99)88-61(43-83-64(96)25-31-107-33-34-108-32-30-92(4,5)6)71(101)85-58-37-52-9-7-10-53(35-52)41-82-66(98)45-109-62-24-29-90(74(104)60(86-70(58)100)38-54-42-80-57-20-19-55(78)39-56(54)57)68(62)73(103)89-67(47(2)94)72(102)87-59(36-49-13-17-51(44-93)18-14-49)75(105)91-28-8-26-77(91,3)76(106)79-27-23-48-11-15-50(16-12-48)40-81-63(95)21-22-65(97)84-46/h7,9-20,35,39,42,46-47,58-62,67-68,80,93-94H,8,21-34,36-38,40-41,43-45H2,1-6H3,(H9-,79,81,82,83,84,85,86,87,88,89,95,96,97,98,99,100,101,102,103,106)/p+1/t46-,47+,58-,59-,60-,61+,62-,67-,68-,77-/m0/s1. The number of aliphatic hydroxyl groups is 2. The molecule has 4 aromatic carbocycles. The molecule has 5 aromatic rings. The summed E-state index contributed by atoms with van der Waals surface area (Å²) in [6.07, 6.45) is -2.35. The molecule has 8 bridgehead atoms. The summed E-state index contributed by atoms with van der Waals surface area (Å²) in [5.41, 5.74) is 2.89. The summed E-state index contributed by atoms with van der Waals surface area (Å²) < 4.78 is 33.4. The zero-order valence-corrected chi connectivity index (χ0v) is 62.4. The van der Waals surface area contributed by atoms with Crippen molar-refractivity contribution >= 4 is 81.8 Å². The maximum absolute atomic E-state index is 15.9. The van der Waals surface area contributed by atoms with Crippen LogP contribution in [-0.2, 0) is 117 Å². The van der Waals surface area contributed by atoms with E-state index in [0.717, 1.165) is 22.6 Å². The number of aliphatic hydroxyl groups excluding tert-OH is 2. The molecule has 10 atom stereocenters. The van der Waals surface area contributed by atoms with E-state index >= 15 is 33.2 Å². The van der Waals surface area contributed by atoms with Gasteiger partial charge in [-0.05, 0) is 104 Å². The molecule has 5 aliphatic heterocycles. The van der Waals surface area contributed by atoms with Crippen molar-refractivity contribution in [2.24, 2.45) is 0 Å². The van der Waals surface area contributed by atoms with Gasteiger partial charge in [0, 0.05) is 94.9 Å². The third-order valence-electron chi connectivity index (χ3n) is 19.8. The van der Waals surface area contributed by atoms with Gasteiger partial charge in [0.15, 0.2) is 0 Å². The summed E-state index contributed by atoms with van der Waals surface area (Å²) in [7, 11) is 6.08. The van der Waals surface area contributed by atoms with Crippen LogP contribution in [0.1, 0.15) is 98.2 Å². The van der Waals surface area contributed by atoms with Gasteiger partial charge in [-0.3, -0.25) is 57.5 Å². The highest BCUT2D eigenvalue weighted by Gasteiger charge is 2.50. The normalized spacial score (nSPS) is 24.2. The van der Waals surface area contributed by atoms with Crippen LogP contribution < -0.4 is 53.2 Å². The van der Waals surface area contributed by atoms with Gasteiger partial charge in [0.1, 0.15) is 66.8 Å². The number of ether oxygens (including phenoxy) is 3. The first-order chi connectivity index (χ1) is 52.0. The molecule has 31 nitrogen and oxygen atoms in total. The second kappa shape index (κ2) is 38.7. The number of hydrogen-bond donors (Lipinski definition) is 13. The number of halogens is 1. The maximum Gasteiger partial charge on any atom is 0.246 e. The quantitative estimate of drug-likeness (QED) is 0.0306. The smallest absolute Gasteiger partial charge is 0.246 e. The average Bonchev–Trinajstić information content (AvgIpc) is 1.68. The molecule has 0 spiro atoms. The third kappa shape index (κ3) is 23.6. The zero-order chi connectivity index (χ0) is 78.5. The fourth-order valence-corrected chi connectivity index (χ4v) is 13.5. The van der Waals surface area contributed by atoms with Gasteiger partial charge in [0.2, 0.25) is 70.9 Å². The van der Waals surface area contributed by atoms with Crippen LogP contribution in [0.15, 0.2) is 97.2 Å². The van der Waals surface area contributed by atoms with Gasteiger partial charge >= 0.3 is 0 Å². The van der Waals surface area contributed by atoms with Crippen molar-refractivity contribution in [2.45, 2.75) is 165 Å². The number of amides is 12. The first kappa shape index (κ1) is 82.8. The van der Waals surface area contributed by atoms with E-state index in [1.807, 2.05) is 33.3 Å². The number of carbonyl (C=O) groups is 12. The maximum atomic E-state index is 15.9. The molecular formula is C77H102FN14O17+. The summed E-state index contributed by atoms with van der Waals surface area (Å²) in [4.78, 5) is 180. The molecular weight excluding hydrogens is 1410 g/mol. The van der Waals surface area contributed by atoms with E-state index < -0.39 is 156 Å². The Morgan fingerprint density at radius 2 is 1.35 bits per heavy atom. The van der Waals surface area contributed by atoms with Gasteiger partial charge in [-0.15, -0.1) is 0 Å². The molecule has 588 valence electrons. The Morgan fingerprint density at radius 3 is 2.08 bits per heavy atom. The van der Waals surface area contributed by atoms with E-state index in [4.69, 9.17) is 14.2 Å². The van der Waals surface area contributed by atoms with Crippen molar-refractivity contribution in [1.29, 1.82) is 0 Å². The lowest BCUT2D eigenvalue weighted by molar-refractivity contribution is -0.870. The second-order valence-electron chi connectivity index (χ2n) is 29.3. The Hall–Kier alpha value is -10.2. The molecule has 5 aliphatic rings. The lowest BCUT2D eigenvalue weighted by Gasteiger charge is -2.37. The molecule has 12 amide bonds. The number of likely N-dealkylation sites (N-methyl/N-ethyl adjacent to an activating group) is 1. The van der Waals surface area contributed by atoms with Crippen molar-refractivity contribution < 1.29 is 90.8 Å². The largest absolute Gasteiger partial charge is 0.392 e. The van der Waals surface area contributed by atoms with Gasteiger partial charge in [0.25, 0.3) is 0 Å². The van der Waals surface area contributed by atoms with Crippen molar-refractivity contribution in [3.63, 3.8) is 0 Å². The molecule has 0 saturated carbocycles. The minimum atomic E-state index is -1.88. The molecule has 0 unspecified atom stereocenters. The topological polar surface area (TPSA) is 416 Å². The van der Waals surface area contributed by atoms with Crippen LogP contribution in [0, 0.1) is 5.82 Å².